The molecule has 3 unspecified atom stereocenters. The molecule has 0 bridgehead atoms. The summed E-state index contributed by atoms with van der Waals surface area (Å²) in [6.45, 7) is 13.3. The highest BCUT2D eigenvalue weighted by Gasteiger charge is 2.37. The van der Waals surface area contributed by atoms with E-state index in [2.05, 4.69) is 22.8 Å². The van der Waals surface area contributed by atoms with Gasteiger partial charge in [-0.15, -0.1) is 0 Å². The fourth-order valence-electron chi connectivity index (χ4n) is 7.48. The molecule has 0 saturated carbocycles. The number of hydrogen-bond donors (Lipinski definition) is 2. The summed E-state index contributed by atoms with van der Waals surface area (Å²) in [6, 6.07) is 5.86. The number of benzene rings is 2. The van der Waals surface area contributed by atoms with Gasteiger partial charge in [0.15, 0.2) is 23.0 Å². The van der Waals surface area contributed by atoms with Crippen LogP contribution in [-0.2, 0) is 19.2 Å². The van der Waals surface area contributed by atoms with Crippen LogP contribution in [0.15, 0.2) is 71.1 Å². The van der Waals surface area contributed by atoms with Crippen LogP contribution < -0.4 is 48.5 Å². The van der Waals surface area contributed by atoms with Crippen molar-refractivity contribution in [3.8, 4) is 46.0 Å². The predicted octanol–water partition coefficient (Wildman–Crippen LogP) is 6.71. The maximum absolute atomic E-state index is 13.7. The Balaban J connectivity index is 1.51. The van der Waals surface area contributed by atoms with Crippen LogP contribution >= 0.6 is 0 Å². The zero-order valence-electron chi connectivity index (χ0n) is 36.4. The van der Waals surface area contributed by atoms with Crippen LogP contribution in [0.1, 0.15) is 61.3 Å². The Hall–Kier alpha value is -5.92. The van der Waals surface area contributed by atoms with E-state index in [0.717, 1.165) is 11.4 Å². The average Bonchev–Trinajstić information content (AvgIpc) is 3.14. The van der Waals surface area contributed by atoms with Crippen LogP contribution in [0.4, 0.5) is 0 Å². The van der Waals surface area contributed by atoms with Crippen molar-refractivity contribution in [3.63, 3.8) is 0 Å². The summed E-state index contributed by atoms with van der Waals surface area (Å²) in [7, 11) is 8.77. The van der Waals surface area contributed by atoms with Crippen LogP contribution in [-0.4, -0.2) is 78.8 Å². The number of methoxy groups -OCH3 is 6. The molecule has 4 rings (SSSR count). The summed E-state index contributed by atoms with van der Waals surface area (Å²) in [5.41, 5.74) is 1.93. The van der Waals surface area contributed by atoms with E-state index < -0.39 is 34.6 Å². The van der Waals surface area contributed by atoms with Crippen molar-refractivity contribution in [2.45, 2.75) is 67.3 Å². The molecule has 14 nitrogen and oxygen atoms in total. The summed E-state index contributed by atoms with van der Waals surface area (Å²) in [4.78, 5) is 53.5. The number of Topliss-reactive ketones (excluding diaryl/α,β-unsaturated/α-hetero) is 2. The molecule has 320 valence electrons. The van der Waals surface area contributed by atoms with Gasteiger partial charge in [-0.1, -0.05) is 39.8 Å². The summed E-state index contributed by atoms with van der Waals surface area (Å²) < 4.78 is 43.9. The Morgan fingerprint density at radius 1 is 0.593 bits per heavy atom. The first-order valence-corrected chi connectivity index (χ1v) is 19.2. The quantitative estimate of drug-likeness (QED) is 0.0873. The van der Waals surface area contributed by atoms with Crippen LogP contribution in [0, 0.1) is 22.7 Å². The van der Waals surface area contributed by atoms with Crippen LogP contribution in [0.2, 0.25) is 0 Å². The van der Waals surface area contributed by atoms with Gasteiger partial charge in [0.25, 0.3) is 0 Å². The molecule has 2 aromatic rings. The van der Waals surface area contributed by atoms with E-state index in [1.165, 1.54) is 80.8 Å². The maximum atomic E-state index is 13.7. The van der Waals surface area contributed by atoms with Gasteiger partial charge in [-0.05, 0) is 67.7 Å². The van der Waals surface area contributed by atoms with Crippen molar-refractivity contribution in [2.75, 3.05) is 49.2 Å². The first-order chi connectivity index (χ1) is 27.8. The normalized spacial score (nSPS) is 16.9. The SMILES string of the molecule is COc1cc(OC(=O)C(C(C)=O)C2=CC(NCC(C)NC3=CC(C)(C)CC(C(C(C)=O)C(=O)Oc4cc(OC)c(OC)c(OC)c4)=C3)=CC(C)(C)C2)cc(OC)c1OC. The standard InChI is InChI=1S/C45H58N2O12/c1-25(47-31-15-29(21-45(6,7)23-31)39(27(3)49)43(51)59-33-18-36(54-10)41(57-13)37(19-33)55-11)24-46-30-14-28(20-44(4,5)22-30)38(26(2)48)42(50)58-32-16-34(52-8)40(56-12)35(17-32)53-9/h14-19,22-23,25,38-39,46-47H,20-21,24H2,1-13H3. The summed E-state index contributed by atoms with van der Waals surface area (Å²) in [5.74, 6) is -2.29. The average molecular weight is 819 g/mol. The molecule has 0 aliphatic heterocycles. The molecule has 3 atom stereocenters. The topological polar surface area (TPSA) is 166 Å². The largest absolute Gasteiger partial charge is 0.493 e. The first-order valence-electron chi connectivity index (χ1n) is 19.2. The number of ketones is 2. The van der Waals surface area contributed by atoms with Gasteiger partial charge in [-0.25, -0.2) is 0 Å². The predicted molar refractivity (Wildman–Crippen MR) is 222 cm³/mol. The Labute approximate surface area is 346 Å². The third-order valence-corrected chi connectivity index (χ3v) is 9.86. The van der Waals surface area contributed by atoms with E-state index in [9.17, 15) is 19.2 Å². The number of esters is 2. The summed E-state index contributed by atoms with van der Waals surface area (Å²) in [5, 5.41) is 6.99. The first kappa shape index (κ1) is 45.8. The molecule has 2 aliphatic rings. The summed E-state index contributed by atoms with van der Waals surface area (Å²) in [6.07, 6.45) is 8.72. The lowest BCUT2D eigenvalue weighted by molar-refractivity contribution is -0.143. The fraction of sp³-hybridized carbons (Fsp3) is 0.467. The molecule has 2 aliphatic carbocycles. The second-order valence-corrected chi connectivity index (χ2v) is 16.0. The Bertz CT molecular complexity index is 2010. The van der Waals surface area contributed by atoms with E-state index in [1.807, 2.05) is 46.8 Å². The molecule has 0 heterocycles. The van der Waals surface area contributed by atoms with Gasteiger partial charge in [0.2, 0.25) is 11.5 Å². The van der Waals surface area contributed by atoms with Gasteiger partial charge in [0.05, 0.1) is 42.7 Å². The van der Waals surface area contributed by atoms with E-state index in [1.54, 1.807) is 0 Å². The highest BCUT2D eigenvalue weighted by molar-refractivity contribution is 6.02. The molecular formula is C45H58N2O12. The lowest BCUT2D eigenvalue weighted by atomic mass is 9.76. The van der Waals surface area contributed by atoms with Crippen molar-refractivity contribution in [2.24, 2.45) is 22.7 Å². The summed E-state index contributed by atoms with van der Waals surface area (Å²) >= 11 is 0. The van der Waals surface area contributed by atoms with E-state index in [-0.39, 0.29) is 29.1 Å². The van der Waals surface area contributed by atoms with Crippen molar-refractivity contribution in [1.29, 1.82) is 0 Å². The lowest BCUT2D eigenvalue weighted by Gasteiger charge is -2.33. The van der Waals surface area contributed by atoms with Crippen LogP contribution in [0.5, 0.6) is 46.0 Å². The number of hydrogen-bond acceptors (Lipinski definition) is 14. The van der Waals surface area contributed by atoms with Crippen molar-refractivity contribution >= 4 is 23.5 Å². The number of ether oxygens (including phenoxy) is 8. The lowest BCUT2D eigenvalue weighted by Crippen LogP contribution is -2.38. The molecule has 0 fully saturated rings. The number of rotatable bonds is 19. The number of carbonyl (C=O) groups excluding carboxylic acids is 4. The molecule has 0 radical (unpaired) electrons. The third-order valence-electron chi connectivity index (χ3n) is 9.86. The minimum absolute atomic E-state index is 0.141. The van der Waals surface area contributed by atoms with Gasteiger partial charge < -0.3 is 48.5 Å². The number of carbonyl (C=O) groups is 4. The van der Waals surface area contributed by atoms with Crippen LogP contribution in [0.25, 0.3) is 0 Å². The fourth-order valence-corrected chi connectivity index (χ4v) is 7.48. The Morgan fingerprint density at radius 3 is 1.29 bits per heavy atom. The van der Waals surface area contributed by atoms with Crippen molar-refractivity contribution in [1.82, 2.24) is 10.6 Å². The molecule has 2 N–H and O–H groups in total. The molecule has 0 saturated heterocycles. The second-order valence-electron chi connectivity index (χ2n) is 16.0. The molecular weight excluding hydrogens is 760 g/mol. The zero-order chi connectivity index (χ0) is 43.8. The van der Waals surface area contributed by atoms with Crippen molar-refractivity contribution in [3.05, 3.63) is 71.1 Å². The third kappa shape index (κ3) is 11.4. The van der Waals surface area contributed by atoms with E-state index in [4.69, 9.17) is 37.9 Å². The smallest absolute Gasteiger partial charge is 0.326 e. The van der Waals surface area contributed by atoms with Gasteiger partial charge >= 0.3 is 11.9 Å². The van der Waals surface area contributed by atoms with Gasteiger partial charge in [0, 0.05) is 48.2 Å². The minimum atomic E-state index is -1.15. The van der Waals surface area contributed by atoms with Gasteiger partial charge in [-0.2, -0.15) is 0 Å². The maximum Gasteiger partial charge on any atom is 0.326 e. The highest BCUT2D eigenvalue weighted by atomic mass is 16.6. The number of allylic oxidation sites excluding steroid dienone is 4. The molecule has 2 aromatic carbocycles. The minimum Gasteiger partial charge on any atom is -0.493 e. The zero-order valence-corrected chi connectivity index (χ0v) is 36.4. The number of nitrogens with one attached hydrogen (secondary N) is 2. The highest BCUT2D eigenvalue weighted by Crippen LogP contribution is 2.44. The van der Waals surface area contributed by atoms with Crippen molar-refractivity contribution < 1.29 is 57.1 Å². The monoisotopic (exact) mass is 818 g/mol. The van der Waals surface area contributed by atoms with E-state index >= 15 is 0 Å². The molecule has 14 heteroatoms. The van der Waals surface area contributed by atoms with E-state index in [0.29, 0.717) is 65.0 Å². The van der Waals surface area contributed by atoms with Gasteiger partial charge in [-0.3, -0.25) is 19.2 Å². The molecule has 0 aromatic heterocycles. The Morgan fingerprint density at radius 2 is 0.949 bits per heavy atom. The van der Waals surface area contributed by atoms with Gasteiger partial charge in [0.1, 0.15) is 34.9 Å². The van der Waals surface area contributed by atoms with Crippen LogP contribution in [0.3, 0.4) is 0 Å². The Kier molecular flexibility index (Phi) is 14.9. The second kappa shape index (κ2) is 19.2. The molecule has 0 amide bonds. The molecule has 0 spiro atoms. The molecule has 59 heavy (non-hydrogen) atoms.